The SMILES string of the molecule is NC(=O)c1ccc(N2C[C@H]3CNC[C@H]3C2)cc1. The van der Waals surface area contributed by atoms with Gasteiger partial charge in [0.05, 0.1) is 0 Å². The molecule has 1 aromatic carbocycles. The molecule has 90 valence electrons. The van der Waals surface area contributed by atoms with Crippen LogP contribution in [0.4, 0.5) is 5.69 Å². The molecule has 17 heavy (non-hydrogen) atoms. The molecule has 2 saturated heterocycles. The Morgan fingerprint density at radius 1 is 1.18 bits per heavy atom. The molecule has 2 aliphatic heterocycles. The van der Waals surface area contributed by atoms with Gasteiger partial charge in [-0.3, -0.25) is 4.79 Å². The third-order valence-corrected chi connectivity index (χ3v) is 3.91. The summed E-state index contributed by atoms with van der Waals surface area (Å²) in [5.41, 5.74) is 7.01. The Morgan fingerprint density at radius 3 is 2.29 bits per heavy atom. The smallest absolute Gasteiger partial charge is 0.248 e. The number of nitrogens with zero attached hydrogens (tertiary/aromatic N) is 1. The molecule has 3 N–H and O–H groups in total. The molecular formula is C13H17N3O. The standard InChI is InChI=1S/C13H17N3O/c14-13(17)9-1-3-12(4-2-9)16-7-10-5-15-6-11(10)8-16/h1-4,10-11,15H,5-8H2,(H2,14,17)/t10-,11+. The number of anilines is 1. The molecule has 1 aromatic rings. The summed E-state index contributed by atoms with van der Waals surface area (Å²) in [7, 11) is 0. The summed E-state index contributed by atoms with van der Waals surface area (Å²) >= 11 is 0. The highest BCUT2D eigenvalue weighted by Crippen LogP contribution is 2.30. The first kappa shape index (κ1) is 10.6. The minimum absolute atomic E-state index is 0.362. The summed E-state index contributed by atoms with van der Waals surface area (Å²) in [5, 5.41) is 3.43. The van der Waals surface area contributed by atoms with Crippen LogP contribution in [0.3, 0.4) is 0 Å². The van der Waals surface area contributed by atoms with Gasteiger partial charge in [0, 0.05) is 37.4 Å². The molecule has 0 aromatic heterocycles. The third kappa shape index (κ3) is 1.89. The number of rotatable bonds is 2. The monoisotopic (exact) mass is 231 g/mol. The highest BCUT2D eigenvalue weighted by atomic mass is 16.1. The van der Waals surface area contributed by atoms with Gasteiger partial charge in [-0.25, -0.2) is 0 Å². The number of carbonyl (C=O) groups excluding carboxylic acids is 1. The Balaban J connectivity index is 1.75. The van der Waals surface area contributed by atoms with E-state index < -0.39 is 0 Å². The molecule has 0 saturated carbocycles. The maximum absolute atomic E-state index is 11.0. The third-order valence-electron chi connectivity index (χ3n) is 3.91. The largest absolute Gasteiger partial charge is 0.371 e. The topological polar surface area (TPSA) is 58.4 Å². The minimum atomic E-state index is -0.362. The second-order valence-electron chi connectivity index (χ2n) is 4.99. The van der Waals surface area contributed by atoms with Gasteiger partial charge in [-0.15, -0.1) is 0 Å². The van der Waals surface area contributed by atoms with Crippen molar-refractivity contribution in [2.45, 2.75) is 0 Å². The van der Waals surface area contributed by atoms with Crippen LogP contribution < -0.4 is 16.0 Å². The average Bonchev–Trinajstić information content (AvgIpc) is 2.89. The fourth-order valence-electron chi connectivity index (χ4n) is 2.90. The molecule has 2 heterocycles. The molecule has 0 bridgehead atoms. The second-order valence-corrected chi connectivity index (χ2v) is 4.99. The van der Waals surface area contributed by atoms with Gasteiger partial charge in [-0.2, -0.15) is 0 Å². The number of benzene rings is 1. The number of nitrogens with one attached hydrogen (secondary N) is 1. The number of hydrogen-bond donors (Lipinski definition) is 2. The van der Waals surface area contributed by atoms with E-state index in [1.165, 1.54) is 5.69 Å². The Hall–Kier alpha value is -1.55. The predicted octanol–water partition coefficient (Wildman–Crippen LogP) is 0.441. The van der Waals surface area contributed by atoms with Crippen molar-refractivity contribution in [1.82, 2.24) is 5.32 Å². The van der Waals surface area contributed by atoms with E-state index in [0.29, 0.717) is 5.56 Å². The van der Waals surface area contributed by atoms with Crippen LogP contribution in [0.15, 0.2) is 24.3 Å². The van der Waals surface area contributed by atoms with E-state index in [4.69, 9.17) is 5.73 Å². The van der Waals surface area contributed by atoms with Crippen molar-refractivity contribution in [2.24, 2.45) is 17.6 Å². The van der Waals surface area contributed by atoms with Crippen molar-refractivity contribution in [2.75, 3.05) is 31.1 Å². The number of primary amides is 1. The lowest BCUT2D eigenvalue weighted by molar-refractivity contribution is 0.100. The molecule has 0 aliphatic carbocycles. The molecule has 2 fully saturated rings. The fourth-order valence-corrected chi connectivity index (χ4v) is 2.90. The van der Waals surface area contributed by atoms with Crippen LogP contribution >= 0.6 is 0 Å². The molecule has 1 amide bonds. The van der Waals surface area contributed by atoms with Crippen LogP contribution in [0.25, 0.3) is 0 Å². The van der Waals surface area contributed by atoms with Crippen LogP contribution in [0, 0.1) is 11.8 Å². The zero-order valence-electron chi connectivity index (χ0n) is 9.73. The molecule has 2 aliphatic rings. The Bertz CT molecular complexity index is 417. The number of nitrogens with two attached hydrogens (primary N) is 1. The van der Waals surface area contributed by atoms with E-state index in [1.807, 2.05) is 24.3 Å². The van der Waals surface area contributed by atoms with Gasteiger partial charge in [0.2, 0.25) is 5.91 Å². The zero-order valence-corrected chi connectivity index (χ0v) is 9.73. The lowest BCUT2D eigenvalue weighted by Crippen LogP contribution is -2.25. The van der Waals surface area contributed by atoms with Gasteiger partial charge < -0.3 is 16.0 Å². The molecule has 4 nitrogen and oxygen atoms in total. The number of hydrogen-bond acceptors (Lipinski definition) is 3. The molecule has 0 unspecified atom stereocenters. The first-order valence-electron chi connectivity index (χ1n) is 6.09. The highest BCUT2D eigenvalue weighted by Gasteiger charge is 2.35. The molecular weight excluding hydrogens is 214 g/mol. The number of amides is 1. The Labute approximate surface area is 101 Å². The average molecular weight is 231 g/mol. The summed E-state index contributed by atoms with van der Waals surface area (Å²) in [5.74, 6) is 1.20. The molecule has 0 spiro atoms. The van der Waals surface area contributed by atoms with Crippen molar-refractivity contribution in [3.05, 3.63) is 29.8 Å². The first-order chi connectivity index (χ1) is 8.24. The quantitative estimate of drug-likeness (QED) is 0.776. The summed E-state index contributed by atoms with van der Waals surface area (Å²) < 4.78 is 0. The van der Waals surface area contributed by atoms with Crippen molar-refractivity contribution < 1.29 is 4.79 Å². The van der Waals surface area contributed by atoms with Crippen molar-refractivity contribution in [3.8, 4) is 0 Å². The van der Waals surface area contributed by atoms with Gasteiger partial charge in [-0.05, 0) is 36.1 Å². The first-order valence-corrected chi connectivity index (χ1v) is 6.09. The highest BCUT2D eigenvalue weighted by molar-refractivity contribution is 5.93. The van der Waals surface area contributed by atoms with Crippen LogP contribution in [0.5, 0.6) is 0 Å². The van der Waals surface area contributed by atoms with Gasteiger partial charge in [0.15, 0.2) is 0 Å². The number of fused-ring (bicyclic) bond motifs is 1. The van der Waals surface area contributed by atoms with Gasteiger partial charge in [0.25, 0.3) is 0 Å². The second kappa shape index (κ2) is 4.04. The van der Waals surface area contributed by atoms with Gasteiger partial charge >= 0.3 is 0 Å². The minimum Gasteiger partial charge on any atom is -0.371 e. The molecule has 4 heteroatoms. The van der Waals surface area contributed by atoms with Gasteiger partial charge in [-0.1, -0.05) is 0 Å². The van der Waals surface area contributed by atoms with E-state index in [9.17, 15) is 4.79 Å². The Kier molecular flexibility index (Phi) is 2.52. The summed E-state index contributed by atoms with van der Waals surface area (Å²) in [6, 6.07) is 7.61. The normalized spacial score (nSPS) is 27.2. The van der Waals surface area contributed by atoms with Crippen LogP contribution in [-0.2, 0) is 0 Å². The summed E-state index contributed by atoms with van der Waals surface area (Å²) in [6.07, 6.45) is 0. The van der Waals surface area contributed by atoms with Crippen LogP contribution in [-0.4, -0.2) is 32.1 Å². The van der Waals surface area contributed by atoms with Crippen LogP contribution in [0.1, 0.15) is 10.4 Å². The molecule has 2 atom stereocenters. The van der Waals surface area contributed by atoms with Crippen molar-refractivity contribution in [1.29, 1.82) is 0 Å². The lowest BCUT2D eigenvalue weighted by atomic mass is 10.0. The number of carbonyl (C=O) groups is 1. The van der Waals surface area contributed by atoms with E-state index >= 15 is 0 Å². The van der Waals surface area contributed by atoms with E-state index in [0.717, 1.165) is 38.0 Å². The predicted molar refractivity (Wildman–Crippen MR) is 67.0 cm³/mol. The maximum Gasteiger partial charge on any atom is 0.248 e. The van der Waals surface area contributed by atoms with E-state index in [1.54, 1.807) is 0 Å². The molecule has 3 rings (SSSR count). The zero-order chi connectivity index (χ0) is 11.8. The maximum atomic E-state index is 11.0. The Morgan fingerprint density at radius 2 is 1.76 bits per heavy atom. The lowest BCUT2D eigenvalue weighted by Gasteiger charge is -2.19. The van der Waals surface area contributed by atoms with Crippen molar-refractivity contribution >= 4 is 11.6 Å². The molecule has 0 radical (unpaired) electrons. The fraction of sp³-hybridized carbons (Fsp3) is 0.462. The van der Waals surface area contributed by atoms with E-state index in [-0.39, 0.29) is 5.91 Å². The summed E-state index contributed by atoms with van der Waals surface area (Å²) in [4.78, 5) is 13.4. The van der Waals surface area contributed by atoms with Gasteiger partial charge in [0.1, 0.15) is 0 Å². The summed E-state index contributed by atoms with van der Waals surface area (Å²) in [6.45, 7) is 4.52. The van der Waals surface area contributed by atoms with Crippen LogP contribution in [0.2, 0.25) is 0 Å². The van der Waals surface area contributed by atoms with E-state index in [2.05, 4.69) is 10.2 Å². The van der Waals surface area contributed by atoms with Crippen molar-refractivity contribution in [3.63, 3.8) is 0 Å².